The van der Waals surface area contributed by atoms with Crippen LogP contribution in [0.25, 0.3) is 0 Å². The lowest BCUT2D eigenvalue weighted by molar-refractivity contribution is -0.314. The molecule has 0 aromatic rings. The first-order chi connectivity index (χ1) is 8.82. The van der Waals surface area contributed by atoms with Gasteiger partial charge in [-0.15, -0.1) is 0 Å². The standard InChI is InChI=1S/C11H15F3N2O3/c1-19-9(17)16-10(18,11(12,13)14)7-5-3-2-4-6-8(7)15-16/h7,18H,2-6H2,1H3/t7-,10-/m0/s1. The molecule has 0 spiro atoms. The van der Waals surface area contributed by atoms with Crippen LogP contribution < -0.4 is 0 Å². The molecule has 1 fully saturated rings. The minimum atomic E-state index is -4.98. The van der Waals surface area contributed by atoms with Gasteiger partial charge in [-0.25, -0.2) is 4.79 Å². The van der Waals surface area contributed by atoms with Crippen LogP contribution in [0.4, 0.5) is 18.0 Å². The molecule has 0 unspecified atom stereocenters. The van der Waals surface area contributed by atoms with Crippen LogP contribution in [-0.4, -0.2) is 40.9 Å². The molecule has 0 radical (unpaired) electrons. The van der Waals surface area contributed by atoms with Crippen LogP contribution in [0.1, 0.15) is 32.1 Å². The smallest absolute Gasteiger partial charge is 0.439 e. The fraction of sp³-hybridized carbons (Fsp3) is 0.818. The zero-order valence-electron chi connectivity index (χ0n) is 10.4. The van der Waals surface area contributed by atoms with E-state index in [1.807, 2.05) is 0 Å². The van der Waals surface area contributed by atoms with Gasteiger partial charge in [-0.3, -0.25) is 0 Å². The van der Waals surface area contributed by atoms with Crippen LogP contribution in [0.2, 0.25) is 0 Å². The van der Waals surface area contributed by atoms with E-state index >= 15 is 0 Å². The third-order valence-electron chi connectivity index (χ3n) is 3.63. The number of hydrazone groups is 1. The van der Waals surface area contributed by atoms with Crippen molar-refractivity contribution in [3.05, 3.63) is 0 Å². The predicted octanol–water partition coefficient (Wildman–Crippen LogP) is 2.26. The van der Waals surface area contributed by atoms with E-state index in [0.29, 0.717) is 19.3 Å². The number of nitrogens with zero attached hydrogens (tertiary/aromatic N) is 2. The predicted molar refractivity (Wildman–Crippen MR) is 59.3 cm³/mol. The number of halogens is 3. The Bertz CT molecular complexity index is 410. The number of fused-ring (bicyclic) bond motifs is 1. The second-order valence-electron chi connectivity index (χ2n) is 4.75. The Labute approximate surface area is 108 Å². The molecular weight excluding hydrogens is 265 g/mol. The number of ether oxygens (including phenoxy) is 1. The summed E-state index contributed by atoms with van der Waals surface area (Å²) >= 11 is 0. The Morgan fingerprint density at radius 2 is 2.16 bits per heavy atom. The number of hydrogen-bond acceptors (Lipinski definition) is 4. The van der Waals surface area contributed by atoms with Crippen LogP contribution in [-0.2, 0) is 4.74 Å². The van der Waals surface area contributed by atoms with E-state index in [1.165, 1.54) is 0 Å². The van der Waals surface area contributed by atoms with Crippen molar-refractivity contribution >= 4 is 11.8 Å². The highest BCUT2D eigenvalue weighted by Gasteiger charge is 2.68. The van der Waals surface area contributed by atoms with Gasteiger partial charge in [0.15, 0.2) is 0 Å². The Balaban J connectivity index is 2.44. The van der Waals surface area contributed by atoms with Crippen LogP contribution in [0.5, 0.6) is 0 Å². The maximum Gasteiger partial charge on any atom is 0.439 e. The molecule has 108 valence electrons. The number of carbonyl (C=O) groups is 1. The van der Waals surface area contributed by atoms with Crippen molar-refractivity contribution in [3.63, 3.8) is 0 Å². The van der Waals surface area contributed by atoms with Gasteiger partial charge in [-0.2, -0.15) is 23.3 Å². The van der Waals surface area contributed by atoms with Gasteiger partial charge in [0.25, 0.3) is 5.72 Å². The Hall–Kier alpha value is -1.31. The lowest BCUT2D eigenvalue weighted by Crippen LogP contribution is -2.61. The third kappa shape index (κ3) is 2.07. The van der Waals surface area contributed by atoms with Gasteiger partial charge in [0, 0.05) is 5.71 Å². The Morgan fingerprint density at radius 1 is 1.47 bits per heavy atom. The molecule has 0 saturated heterocycles. The van der Waals surface area contributed by atoms with E-state index < -0.39 is 23.9 Å². The largest absolute Gasteiger partial charge is 0.451 e. The minimum absolute atomic E-state index is 0.0400. The molecule has 8 heteroatoms. The van der Waals surface area contributed by atoms with Gasteiger partial charge < -0.3 is 9.84 Å². The summed E-state index contributed by atoms with van der Waals surface area (Å²) in [6, 6.07) is 0. The van der Waals surface area contributed by atoms with Crippen LogP contribution in [0.3, 0.4) is 0 Å². The third-order valence-corrected chi connectivity index (χ3v) is 3.63. The molecule has 1 N–H and O–H groups in total. The molecule has 5 nitrogen and oxygen atoms in total. The highest BCUT2D eigenvalue weighted by Crippen LogP contribution is 2.47. The van der Waals surface area contributed by atoms with E-state index in [4.69, 9.17) is 0 Å². The fourth-order valence-electron chi connectivity index (χ4n) is 2.66. The maximum absolute atomic E-state index is 13.2. The summed E-state index contributed by atoms with van der Waals surface area (Å²) in [5, 5.41) is 13.8. The first-order valence-corrected chi connectivity index (χ1v) is 6.07. The van der Waals surface area contributed by atoms with Gasteiger partial charge >= 0.3 is 12.3 Å². The van der Waals surface area contributed by atoms with E-state index in [9.17, 15) is 23.1 Å². The van der Waals surface area contributed by atoms with Gasteiger partial charge in [0.1, 0.15) is 0 Å². The monoisotopic (exact) mass is 280 g/mol. The van der Waals surface area contributed by atoms with Crippen molar-refractivity contribution in [2.24, 2.45) is 11.0 Å². The first-order valence-electron chi connectivity index (χ1n) is 6.07. The van der Waals surface area contributed by atoms with E-state index in [0.717, 1.165) is 13.5 Å². The first kappa shape index (κ1) is 14.1. The Morgan fingerprint density at radius 3 is 2.74 bits per heavy atom. The zero-order valence-corrected chi connectivity index (χ0v) is 10.4. The molecule has 1 saturated carbocycles. The zero-order chi connectivity index (χ0) is 14.3. The summed E-state index contributed by atoms with van der Waals surface area (Å²) in [5.74, 6) is -1.20. The van der Waals surface area contributed by atoms with Crippen molar-refractivity contribution in [2.45, 2.75) is 44.0 Å². The molecule has 0 aromatic heterocycles. The number of amides is 1. The fourth-order valence-corrected chi connectivity index (χ4v) is 2.66. The molecule has 1 aliphatic carbocycles. The lowest BCUT2D eigenvalue weighted by Gasteiger charge is -2.36. The van der Waals surface area contributed by atoms with Crippen molar-refractivity contribution < 1.29 is 27.8 Å². The molecular formula is C11H15F3N2O3. The van der Waals surface area contributed by atoms with Gasteiger partial charge in [-0.05, 0) is 19.3 Å². The highest BCUT2D eigenvalue weighted by atomic mass is 19.4. The summed E-state index contributed by atoms with van der Waals surface area (Å²) in [4.78, 5) is 11.4. The van der Waals surface area contributed by atoms with Gasteiger partial charge in [0.2, 0.25) is 0 Å². The second kappa shape index (κ2) is 4.66. The highest BCUT2D eigenvalue weighted by molar-refractivity contribution is 5.91. The number of aliphatic hydroxyl groups is 1. The van der Waals surface area contributed by atoms with E-state index in [2.05, 4.69) is 9.84 Å². The summed E-state index contributed by atoms with van der Waals surface area (Å²) in [7, 11) is 0.952. The summed E-state index contributed by atoms with van der Waals surface area (Å²) in [6.07, 6.45) is -3.71. The Kier molecular flexibility index (Phi) is 3.46. The number of hydrogen-bond donors (Lipinski definition) is 1. The quantitative estimate of drug-likeness (QED) is 0.740. The molecule has 2 rings (SSSR count). The molecule has 1 aliphatic heterocycles. The van der Waals surface area contributed by atoms with Crippen molar-refractivity contribution in [1.29, 1.82) is 0 Å². The summed E-state index contributed by atoms with van der Waals surface area (Å²) in [5.41, 5.74) is -3.07. The van der Waals surface area contributed by atoms with Crippen molar-refractivity contribution in [3.8, 4) is 0 Å². The molecule has 0 bridgehead atoms. The molecule has 1 amide bonds. The number of methoxy groups -OCH3 is 1. The van der Waals surface area contributed by atoms with E-state index in [1.54, 1.807) is 0 Å². The number of alkyl halides is 3. The summed E-state index contributed by atoms with van der Waals surface area (Å²) in [6.45, 7) is 0. The number of carbonyl (C=O) groups excluding carboxylic acids is 1. The molecule has 0 aromatic carbocycles. The topological polar surface area (TPSA) is 62.1 Å². The summed E-state index contributed by atoms with van der Waals surface area (Å²) < 4.78 is 43.9. The second-order valence-corrected chi connectivity index (χ2v) is 4.75. The van der Waals surface area contributed by atoms with Crippen LogP contribution in [0.15, 0.2) is 5.10 Å². The van der Waals surface area contributed by atoms with E-state index in [-0.39, 0.29) is 17.1 Å². The van der Waals surface area contributed by atoms with Crippen LogP contribution >= 0.6 is 0 Å². The van der Waals surface area contributed by atoms with Crippen LogP contribution in [0, 0.1) is 5.92 Å². The lowest BCUT2D eigenvalue weighted by atomic mass is 9.87. The minimum Gasteiger partial charge on any atom is -0.451 e. The van der Waals surface area contributed by atoms with Gasteiger partial charge in [-0.1, -0.05) is 12.8 Å². The van der Waals surface area contributed by atoms with Gasteiger partial charge in [0.05, 0.1) is 13.0 Å². The molecule has 1 heterocycles. The SMILES string of the molecule is COC(=O)N1N=C2CCCCC[C@@H]2[C@]1(O)C(F)(F)F. The van der Waals surface area contributed by atoms with Crippen molar-refractivity contribution in [2.75, 3.05) is 7.11 Å². The van der Waals surface area contributed by atoms with Crippen molar-refractivity contribution in [1.82, 2.24) is 5.01 Å². The maximum atomic E-state index is 13.2. The number of rotatable bonds is 0. The molecule has 19 heavy (non-hydrogen) atoms. The molecule has 2 aliphatic rings. The molecule has 2 atom stereocenters. The average Bonchev–Trinajstić information content (AvgIpc) is 2.53. The normalized spacial score (nSPS) is 31.5. The average molecular weight is 280 g/mol.